The number of rotatable bonds is 7. The van der Waals surface area contributed by atoms with Crippen molar-refractivity contribution in [3.8, 4) is 0 Å². The lowest BCUT2D eigenvalue weighted by molar-refractivity contribution is 0.0541. The van der Waals surface area contributed by atoms with E-state index >= 15 is 0 Å². The van der Waals surface area contributed by atoms with Gasteiger partial charge in [-0.2, -0.15) is 0 Å². The van der Waals surface area contributed by atoms with Crippen LogP contribution in [0.15, 0.2) is 5.38 Å². The number of thiazole rings is 1. The SMILES string of the molecule is CC(C)CC(C)OCCc1nc(CCl)cs1. The smallest absolute Gasteiger partial charge is 0.0951 e. The summed E-state index contributed by atoms with van der Waals surface area (Å²) in [4.78, 5) is 4.39. The molecule has 4 heteroatoms. The third kappa shape index (κ3) is 5.28. The monoisotopic (exact) mass is 261 g/mol. The Morgan fingerprint density at radius 1 is 1.44 bits per heavy atom. The first kappa shape index (κ1) is 13.9. The van der Waals surface area contributed by atoms with E-state index in [-0.39, 0.29) is 0 Å². The van der Waals surface area contributed by atoms with Gasteiger partial charge in [0.05, 0.1) is 29.3 Å². The van der Waals surface area contributed by atoms with E-state index in [4.69, 9.17) is 16.3 Å². The van der Waals surface area contributed by atoms with Gasteiger partial charge in [0.25, 0.3) is 0 Å². The minimum absolute atomic E-state index is 0.340. The molecule has 0 amide bonds. The first-order valence-corrected chi connectivity index (χ1v) is 7.14. The summed E-state index contributed by atoms with van der Waals surface area (Å²) in [6, 6.07) is 0. The molecule has 0 spiro atoms. The summed E-state index contributed by atoms with van der Waals surface area (Å²) >= 11 is 7.36. The Labute approximate surface area is 107 Å². The van der Waals surface area contributed by atoms with Crippen molar-refractivity contribution in [3.05, 3.63) is 16.1 Å². The topological polar surface area (TPSA) is 22.1 Å². The second-order valence-electron chi connectivity index (χ2n) is 4.43. The van der Waals surface area contributed by atoms with Crippen molar-refractivity contribution < 1.29 is 4.74 Å². The van der Waals surface area contributed by atoms with Gasteiger partial charge in [0.15, 0.2) is 0 Å². The van der Waals surface area contributed by atoms with Gasteiger partial charge in [-0.1, -0.05) is 13.8 Å². The highest BCUT2D eigenvalue weighted by Crippen LogP contribution is 2.13. The zero-order valence-electron chi connectivity index (χ0n) is 10.2. The average Bonchev–Trinajstić information content (AvgIpc) is 2.64. The maximum atomic E-state index is 5.73. The molecule has 0 saturated carbocycles. The molecule has 2 nitrogen and oxygen atoms in total. The fourth-order valence-corrected chi connectivity index (χ4v) is 2.61. The van der Waals surface area contributed by atoms with E-state index in [0.717, 1.165) is 30.2 Å². The van der Waals surface area contributed by atoms with Crippen LogP contribution in [0.1, 0.15) is 37.9 Å². The van der Waals surface area contributed by atoms with Gasteiger partial charge in [0, 0.05) is 11.8 Å². The highest BCUT2D eigenvalue weighted by molar-refractivity contribution is 7.09. The van der Waals surface area contributed by atoms with E-state index in [1.54, 1.807) is 11.3 Å². The summed E-state index contributed by atoms with van der Waals surface area (Å²) in [5.74, 6) is 1.19. The molecule has 0 saturated heterocycles. The molecule has 0 radical (unpaired) electrons. The largest absolute Gasteiger partial charge is 0.378 e. The van der Waals surface area contributed by atoms with Crippen LogP contribution >= 0.6 is 22.9 Å². The molecule has 0 fully saturated rings. The van der Waals surface area contributed by atoms with E-state index in [9.17, 15) is 0 Å². The molecule has 16 heavy (non-hydrogen) atoms. The van der Waals surface area contributed by atoms with Crippen LogP contribution in [-0.2, 0) is 17.0 Å². The van der Waals surface area contributed by atoms with E-state index in [2.05, 4.69) is 25.8 Å². The molecule has 1 rings (SSSR count). The van der Waals surface area contributed by atoms with E-state index < -0.39 is 0 Å². The zero-order chi connectivity index (χ0) is 12.0. The minimum atomic E-state index is 0.340. The van der Waals surface area contributed by atoms with Crippen molar-refractivity contribution in [1.82, 2.24) is 4.98 Å². The summed E-state index contributed by atoms with van der Waals surface area (Å²) in [7, 11) is 0. The number of halogens is 1. The Balaban J connectivity index is 2.19. The van der Waals surface area contributed by atoms with Crippen molar-refractivity contribution in [2.75, 3.05) is 6.61 Å². The molecule has 1 heterocycles. The second-order valence-corrected chi connectivity index (χ2v) is 5.64. The molecule has 0 aliphatic heterocycles. The molecule has 92 valence electrons. The van der Waals surface area contributed by atoms with Crippen LogP contribution in [0.2, 0.25) is 0 Å². The normalized spacial score (nSPS) is 13.3. The summed E-state index contributed by atoms with van der Waals surface area (Å²) < 4.78 is 5.73. The van der Waals surface area contributed by atoms with Gasteiger partial charge in [-0.25, -0.2) is 4.98 Å². The summed E-state index contributed by atoms with van der Waals surface area (Å²) in [5, 5.41) is 3.13. The van der Waals surface area contributed by atoms with E-state index in [0.29, 0.717) is 17.9 Å². The van der Waals surface area contributed by atoms with Crippen molar-refractivity contribution >= 4 is 22.9 Å². The van der Waals surface area contributed by atoms with Crippen LogP contribution < -0.4 is 0 Å². The number of alkyl halides is 1. The molecule has 0 aliphatic carbocycles. The van der Waals surface area contributed by atoms with Gasteiger partial charge in [-0.05, 0) is 19.3 Å². The van der Waals surface area contributed by atoms with E-state index in [1.807, 2.05) is 5.38 Å². The van der Waals surface area contributed by atoms with Gasteiger partial charge in [0.2, 0.25) is 0 Å². The Hall–Kier alpha value is -0.120. The van der Waals surface area contributed by atoms with Gasteiger partial charge in [-0.3, -0.25) is 0 Å². The molecule has 0 aliphatic rings. The molecule has 1 atom stereocenters. The van der Waals surface area contributed by atoms with E-state index in [1.165, 1.54) is 0 Å². The molecule has 1 aromatic rings. The molecule has 1 aromatic heterocycles. The number of nitrogens with zero attached hydrogens (tertiary/aromatic N) is 1. The quantitative estimate of drug-likeness (QED) is 0.695. The van der Waals surface area contributed by atoms with Crippen LogP contribution in [0.4, 0.5) is 0 Å². The van der Waals surface area contributed by atoms with Crippen LogP contribution in [0.25, 0.3) is 0 Å². The number of hydrogen-bond donors (Lipinski definition) is 0. The summed E-state index contributed by atoms with van der Waals surface area (Å²) in [6.45, 7) is 7.32. The first-order chi connectivity index (χ1) is 7.61. The number of aromatic nitrogens is 1. The zero-order valence-corrected chi connectivity index (χ0v) is 11.8. The molecular formula is C12H20ClNOS. The van der Waals surface area contributed by atoms with Crippen molar-refractivity contribution in [3.63, 3.8) is 0 Å². The van der Waals surface area contributed by atoms with Crippen LogP contribution in [0, 0.1) is 5.92 Å². The average molecular weight is 262 g/mol. The van der Waals surface area contributed by atoms with Gasteiger partial charge >= 0.3 is 0 Å². The van der Waals surface area contributed by atoms with Gasteiger partial charge in [0.1, 0.15) is 0 Å². The highest BCUT2D eigenvalue weighted by atomic mass is 35.5. The number of ether oxygens (including phenoxy) is 1. The Morgan fingerprint density at radius 3 is 2.75 bits per heavy atom. The lowest BCUT2D eigenvalue weighted by Gasteiger charge is -2.14. The standard InChI is InChI=1S/C12H20ClNOS/c1-9(2)6-10(3)15-5-4-12-14-11(7-13)8-16-12/h8-10H,4-7H2,1-3H3. The summed E-state index contributed by atoms with van der Waals surface area (Å²) in [5.41, 5.74) is 0.969. The fourth-order valence-electron chi connectivity index (χ4n) is 1.60. The van der Waals surface area contributed by atoms with Crippen LogP contribution in [0.3, 0.4) is 0 Å². The predicted molar refractivity (Wildman–Crippen MR) is 70.2 cm³/mol. The molecule has 0 aromatic carbocycles. The lowest BCUT2D eigenvalue weighted by atomic mass is 10.1. The Bertz CT molecular complexity index is 301. The van der Waals surface area contributed by atoms with Crippen molar-refractivity contribution in [2.24, 2.45) is 5.92 Å². The third-order valence-corrected chi connectivity index (χ3v) is 3.49. The highest BCUT2D eigenvalue weighted by Gasteiger charge is 2.06. The Kier molecular flexibility index (Phi) is 6.32. The maximum absolute atomic E-state index is 5.73. The lowest BCUT2D eigenvalue weighted by Crippen LogP contribution is -2.13. The molecular weight excluding hydrogens is 242 g/mol. The van der Waals surface area contributed by atoms with Crippen molar-refractivity contribution in [2.45, 2.75) is 45.6 Å². The fraction of sp³-hybridized carbons (Fsp3) is 0.750. The molecule has 1 unspecified atom stereocenters. The third-order valence-electron chi connectivity index (χ3n) is 2.26. The molecule has 0 N–H and O–H groups in total. The van der Waals surface area contributed by atoms with Crippen LogP contribution in [0.5, 0.6) is 0 Å². The number of hydrogen-bond acceptors (Lipinski definition) is 3. The molecule has 0 bridgehead atoms. The van der Waals surface area contributed by atoms with Gasteiger partial charge < -0.3 is 4.74 Å². The first-order valence-electron chi connectivity index (χ1n) is 5.72. The van der Waals surface area contributed by atoms with Crippen LogP contribution in [-0.4, -0.2) is 17.7 Å². The predicted octanol–water partition coefficient (Wildman–Crippen LogP) is 3.88. The minimum Gasteiger partial charge on any atom is -0.378 e. The maximum Gasteiger partial charge on any atom is 0.0951 e. The Morgan fingerprint density at radius 2 is 2.19 bits per heavy atom. The second kappa shape index (κ2) is 7.25. The van der Waals surface area contributed by atoms with Crippen molar-refractivity contribution in [1.29, 1.82) is 0 Å². The summed E-state index contributed by atoms with van der Waals surface area (Å²) in [6.07, 6.45) is 2.35. The van der Waals surface area contributed by atoms with Gasteiger partial charge in [-0.15, -0.1) is 22.9 Å².